The molecule has 0 unspecified atom stereocenters. The van der Waals surface area contributed by atoms with Crippen LogP contribution in [0.5, 0.6) is 0 Å². The molecule has 0 aliphatic carbocycles. The molecule has 0 aliphatic heterocycles. The Bertz CT molecular complexity index is 119. The molecule has 0 aromatic heterocycles. The van der Waals surface area contributed by atoms with Crippen molar-refractivity contribution in [3.8, 4) is 24.2 Å². The van der Waals surface area contributed by atoms with E-state index < -0.39 is 0 Å². The number of aliphatic hydroxyl groups is 1. The van der Waals surface area contributed by atoms with Crippen LogP contribution in [-0.2, 0) is 0 Å². The van der Waals surface area contributed by atoms with Crippen molar-refractivity contribution in [3.63, 3.8) is 0 Å². The molecule has 0 radical (unpaired) electrons. The molecule has 0 saturated carbocycles. The van der Waals surface area contributed by atoms with Crippen LogP contribution in [0, 0.1) is 24.2 Å². The summed E-state index contributed by atoms with van der Waals surface area (Å²) in [6.07, 6.45) is 5.24. The fourth-order valence-electron chi connectivity index (χ4n) is 0.169. The van der Waals surface area contributed by atoms with E-state index in [1.165, 1.54) is 0 Å². The first kappa shape index (κ1) is 6.08. The molecular weight excluding hydrogens is 88.1 g/mol. The standard InChI is InChI=1S/C6H6O/c1-2-3-4-5-6-7/h1,7H,5-6H2. The molecule has 0 aromatic carbocycles. The molecule has 7 heavy (non-hydrogen) atoms. The summed E-state index contributed by atoms with van der Waals surface area (Å²) in [6.45, 7) is 0.0919. The molecule has 0 rings (SSSR count). The van der Waals surface area contributed by atoms with Gasteiger partial charge < -0.3 is 5.11 Å². The zero-order valence-electron chi connectivity index (χ0n) is 3.94. The zero-order chi connectivity index (χ0) is 5.54. The average Bonchev–Trinajstić information content (AvgIpc) is 1.69. The molecule has 0 saturated heterocycles. The van der Waals surface area contributed by atoms with Crippen LogP contribution in [0.25, 0.3) is 0 Å². The van der Waals surface area contributed by atoms with Gasteiger partial charge in [0, 0.05) is 6.42 Å². The van der Waals surface area contributed by atoms with Gasteiger partial charge in [-0.25, -0.2) is 0 Å². The van der Waals surface area contributed by atoms with Crippen molar-refractivity contribution in [2.45, 2.75) is 6.42 Å². The number of terminal acetylenes is 1. The molecule has 0 aliphatic rings. The molecule has 1 nitrogen and oxygen atoms in total. The Morgan fingerprint density at radius 2 is 2.29 bits per heavy atom. The lowest BCUT2D eigenvalue weighted by Gasteiger charge is -1.72. The van der Waals surface area contributed by atoms with Crippen LogP contribution < -0.4 is 0 Å². The Morgan fingerprint density at radius 1 is 1.57 bits per heavy atom. The van der Waals surface area contributed by atoms with E-state index in [0.717, 1.165) is 0 Å². The Kier molecular flexibility index (Phi) is 4.41. The van der Waals surface area contributed by atoms with Crippen molar-refractivity contribution in [2.75, 3.05) is 6.61 Å². The highest BCUT2D eigenvalue weighted by molar-refractivity contribution is 5.21. The molecular formula is C6H6O. The summed E-state index contributed by atoms with van der Waals surface area (Å²) in [7, 11) is 0. The van der Waals surface area contributed by atoms with Crippen LogP contribution in [0.4, 0.5) is 0 Å². The molecule has 36 valence electrons. The normalized spacial score (nSPS) is 5.71. The summed E-state index contributed by atoms with van der Waals surface area (Å²) < 4.78 is 0. The Labute approximate surface area is 43.4 Å². The second kappa shape index (κ2) is 5.08. The van der Waals surface area contributed by atoms with Crippen LogP contribution in [0.1, 0.15) is 6.42 Å². The van der Waals surface area contributed by atoms with Crippen molar-refractivity contribution in [2.24, 2.45) is 0 Å². The summed E-state index contributed by atoms with van der Waals surface area (Å²) in [5, 5.41) is 8.12. The molecule has 1 N–H and O–H groups in total. The van der Waals surface area contributed by atoms with Crippen molar-refractivity contribution in [1.82, 2.24) is 0 Å². The van der Waals surface area contributed by atoms with Gasteiger partial charge in [0.05, 0.1) is 6.61 Å². The minimum Gasteiger partial charge on any atom is -0.395 e. The lowest BCUT2D eigenvalue weighted by molar-refractivity contribution is 0.305. The number of hydrogen-bond acceptors (Lipinski definition) is 1. The van der Waals surface area contributed by atoms with Gasteiger partial charge in [0.1, 0.15) is 0 Å². The highest BCUT2D eigenvalue weighted by atomic mass is 16.2. The van der Waals surface area contributed by atoms with Gasteiger partial charge in [-0.15, -0.1) is 6.42 Å². The van der Waals surface area contributed by atoms with Crippen LogP contribution >= 0.6 is 0 Å². The van der Waals surface area contributed by atoms with E-state index in [4.69, 9.17) is 11.5 Å². The van der Waals surface area contributed by atoms with E-state index in [2.05, 4.69) is 17.8 Å². The van der Waals surface area contributed by atoms with Crippen LogP contribution in [-0.4, -0.2) is 11.7 Å². The lowest BCUT2D eigenvalue weighted by atomic mass is 10.4. The zero-order valence-corrected chi connectivity index (χ0v) is 3.94. The van der Waals surface area contributed by atoms with Gasteiger partial charge in [-0.05, 0) is 11.8 Å². The highest BCUT2D eigenvalue weighted by Crippen LogP contribution is 1.66. The van der Waals surface area contributed by atoms with E-state index in [1.54, 1.807) is 0 Å². The fraction of sp³-hybridized carbons (Fsp3) is 0.333. The molecule has 0 fully saturated rings. The van der Waals surface area contributed by atoms with Crippen molar-refractivity contribution in [1.29, 1.82) is 0 Å². The third kappa shape index (κ3) is 5.08. The molecule has 0 amide bonds. The SMILES string of the molecule is C#CC#CCCO. The quantitative estimate of drug-likeness (QED) is 0.454. The smallest absolute Gasteiger partial charge is 0.0540 e. The number of hydrogen-bond donors (Lipinski definition) is 1. The van der Waals surface area contributed by atoms with Crippen molar-refractivity contribution in [3.05, 3.63) is 0 Å². The summed E-state index contributed by atoms with van der Waals surface area (Å²) in [5.74, 6) is 7.05. The number of rotatable bonds is 1. The van der Waals surface area contributed by atoms with E-state index in [9.17, 15) is 0 Å². The summed E-state index contributed by atoms with van der Waals surface area (Å²) in [5.41, 5.74) is 0. The maximum Gasteiger partial charge on any atom is 0.0540 e. The van der Waals surface area contributed by atoms with Crippen LogP contribution in [0.3, 0.4) is 0 Å². The first-order chi connectivity index (χ1) is 3.41. The minimum atomic E-state index is 0.0919. The summed E-state index contributed by atoms with van der Waals surface area (Å²) in [6, 6.07) is 0. The molecule has 0 heterocycles. The van der Waals surface area contributed by atoms with Gasteiger partial charge in [0.25, 0.3) is 0 Å². The molecule has 0 bridgehead atoms. The molecule has 0 atom stereocenters. The Hall–Kier alpha value is -0.920. The summed E-state index contributed by atoms with van der Waals surface area (Å²) >= 11 is 0. The maximum absolute atomic E-state index is 8.12. The van der Waals surface area contributed by atoms with Gasteiger partial charge in [0.15, 0.2) is 0 Å². The first-order valence-corrected chi connectivity index (χ1v) is 1.96. The third-order valence-corrected chi connectivity index (χ3v) is 0.397. The van der Waals surface area contributed by atoms with Crippen LogP contribution in [0.15, 0.2) is 0 Å². The molecule has 1 heteroatoms. The Balaban J connectivity index is 3.13. The second-order valence-corrected chi connectivity index (χ2v) is 0.920. The van der Waals surface area contributed by atoms with Gasteiger partial charge in [0.2, 0.25) is 0 Å². The highest BCUT2D eigenvalue weighted by Gasteiger charge is 1.65. The molecule has 0 aromatic rings. The monoisotopic (exact) mass is 94.0 g/mol. The maximum atomic E-state index is 8.12. The predicted molar refractivity (Wildman–Crippen MR) is 28.3 cm³/mol. The molecule has 0 spiro atoms. The van der Waals surface area contributed by atoms with Gasteiger partial charge in [-0.2, -0.15) is 0 Å². The van der Waals surface area contributed by atoms with E-state index >= 15 is 0 Å². The summed E-state index contributed by atoms with van der Waals surface area (Å²) in [4.78, 5) is 0. The lowest BCUT2D eigenvalue weighted by Crippen LogP contribution is -1.74. The minimum absolute atomic E-state index is 0.0919. The largest absolute Gasteiger partial charge is 0.395 e. The number of aliphatic hydroxyl groups excluding tert-OH is 1. The van der Waals surface area contributed by atoms with Gasteiger partial charge in [-0.3, -0.25) is 0 Å². The van der Waals surface area contributed by atoms with Crippen LogP contribution in [0.2, 0.25) is 0 Å². The topological polar surface area (TPSA) is 20.2 Å². The van der Waals surface area contributed by atoms with Gasteiger partial charge >= 0.3 is 0 Å². The fourth-order valence-corrected chi connectivity index (χ4v) is 0.169. The van der Waals surface area contributed by atoms with E-state index in [0.29, 0.717) is 6.42 Å². The second-order valence-electron chi connectivity index (χ2n) is 0.920. The van der Waals surface area contributed by atoms with Crippen molar-refractivity contribution < 1.29 is 5.11 Å². The average molecular weight is 94.1 g/mol. The van der Waals surface area contributed by atoms with Gasteiger partial charge in [-0.1, -0.05) is 5.92 Å². The Morgan fingerprint density at radius 3 is 2.71 bits per heavy atom. The van der Waals surface area contributed by atoms with E-state index in [-0.39, 0.29) is 6.61 Å². The third-order valence-electron chi connectivity index (χ3n) is 0.397. The predicted octanol–water partition coefficient (Wildman–Crippen LogP) is 0.00540. The first-order valence-electron chi connectivity index (χ1n) is 1.96. The van der Waals surface area contributed by atoms with Crippen molar-refractivity contribution >= 4 is 0 Å². The van der Waals surface area contributed by atoms with E-state index in [1.807, 2.05) is 0 Å².